The summed E-state index contributed by atoms with van der Waals surface area (Å²) in [5.74, 6) is 0.323. The highest BCUT2D eigenvalue weighted by molar-refractivity contribution is 5.91. The summed E-state index contributed by atoms with van der Waals surface area (Å²) in [7, 11) is 0. The summed E-state index contributed by atoms with van der Waals surface area (Å²) < 4.78 is 0. The molecule has 4 nitrogen and oxygen atoms in total. The summed E-state index contributed by atoms with van der Waals surface area (Å²) in [5.41, 5.74) is 9.71. The van der Waals surface area contributed by atoms with E-state index in [0.29, 0.717) is 11.7 Å². The maximum Gasteiger partial charge on any atom is 0.267 e. The lowest BCUT2D eigenvalue weighted by molar-refractivity contribution is 0.0994. The number of rotatable bonds is 3. The van der Waals surface area contributed by atoms with Crippen LogP contribution in [0.3, 0.4) is 0 Å². The van der Waals surface area contributed by atoms with E-state index in [1.54, 1.807) is 0 Å². The Morgan fingerprint density at radius 1 is 1.48 bits per heavy atom. The Labute approximate surface area is 139 Å². The van der Waals surface area contributed by atoms with Gasteiger partial charge in [0.15, 0.2) is 0 Å². The fourth-order valence-corrected chi connectivity index (χ4v) is 4.24. The average Bonchev–Trinajstić information content (AvgIpc) is 2.81. The molecule has 23 heavy (non-hydrogen) atoms. The molecule has 0 saturated carbocycles. The zero-order valence-corrected chi connectivity index (χ0v) is 14.9. The Morgan fingerprint density at radius 3 is 2.87 bits per heavy atom. The molecule has 2 N–H and O–H groups in total. The lowest BCUT2D eigenvalue weighted by atomic mass is 9.89. The molecule has 1 amide bonds. The van der Waals surface area contributed by atoms with Crippen LogP contribution in [0.4, 0.5) is 0 Å². The quantitative estimate of drug-likeness (QED) is 0.932. The molecule has 1 fully saturated rings. The highest BCUT2D eigenvalue weighted by Gasteiger charge is 2.36. The minimum absolute atomic E-state index is 0.0322. The van der Waals surface area contributed by atoms with Gasteiger partial charge in [0.05, 0.1) is 5.69 Å². The maximum atomic E-state index is 11.8. The number of aromatic nitrogens is 1. The Kier molecular flexibility index (Phi) is 4.21. The Morgan fingerprint density at radius 2 is 2.22 bits per heavy atom. The molecule has 0 spiro atoms. The SMILES string of the molecule is CC(c1cc(C(N)=O)nc2c1CCC2(C)C)N1CCC[C@H](C)C1. The van der Waals surface area contributed by atoms with Gasteiger partial charge in [0, 0.05) is 18.0 Å². The van der Waals surface area contributed by atoms with Crippen LogP contribution in [0.25, 0.3) is 0 Å². The predicted octanol–water partition coefficient (Wildman–Crippen LogP) is 3.20. The van der Waals surface area contributed by atoms with E-state index in [9.17, 15) is 4.79 Å². The summed E-state index contributed by atoms with van der Waals surface area (Å²) in [5, 5.41) is 0. The van der Waals surface area contributed by atoms with Crippen LogP contribution in [0.1, 0.15) is 80.3 Å². The van der Waals surface area contributed by atoms with Crippen molar-refractivity contribution in [2.75, 3.05) is 13.1 Å². The van der Waals surface area contributed by atoms with Gasteiger partial charge in [-0.2, -0.15) is 0 Å². The van der Waals surface area contributed by atoms with E-state index >= 15 is 0 Å². The highest BCUT2D eigenvalue weighted by Crippen LogP contribution is 2.41. The maximum absolute atomic E-state index is 11.8. The molecule has 0 radical (unpaired) electrons. The van der Waals surface area contributed by atoms with Crippen molar-refractivity contribution in [2.45, 2.75) is 64.8 Å². The number of nitrogens with two attached hydrogens (primary N) is 1. The number of hydrogen-bond acceptors (Lipinski definition) is 3. The van der Waals surface area contributed by atoms with Crippen molar-refractivity contribution in [3.05, 3.63) is 28.6 Å². The summed E-state index contributed by atoms with van der Waals surface area (Å²) in [6.45, 7) is 11.3. The van der Waals surface area contributed by atoms with Crippen molar-refractivity contribution < 1.29 is 4.79 Å². The molecule has 1 aromatic rings. The molecule has 1 aliphatic heterocycles. The fraction of sp³-hybridized carbons (Fsp3) is 0.684. The molecule has 0 aromatic carbocycles. The minimum Gasteiger partial charge on any atom is -0.364 e. The summed E-state index contributed by atoms with van der Waals surface area (Å²) in [4.78, 5) is 18.9. The van der Waals surface area contributed by atoms with Crippen molar-refractivity contribution in [1.29, 1.82) is 0 Å². The monoisotopic (exact) mass is 315 g/mol. The van der Waals surface area contributed by atoms with Crippen LogP contribution < -0.4 is 5.73 Å². The van der Waals surface area contributed by atoms with Crippen molar-refractivity contribution in [3.8, 4) is 0 Å². The van der Waals surface area contributed by atoms with Crippen LogP contribution in [0.5, 0.6) is 0 Å². The molecule has 2 atom stereocenters. The van der Waals surface area contributed by atoms with E-state index in [0.717, 1.165) is 37.5 Å². The molecule has 4 heteroatoms. The van der Waals surface area contributed by atoms with Crippen molar-refractivity contribution in [1.82, 2.24) is 9.88 Å². The third-order valence-electron chi connectivity index (χ3n) is 5.74. The van der Waals surface area contributed by atoms with Gasteiger partial charge in [-0.1, -0.05) is 20.8 Å². The predicted molar refractivity (Wildman–Crippen MR) is 92.5 cm³/mol. The largest absolute Gasteiger partial charge is 0.364 e. The van der Waals surface area contributed by atoms with Gasteiger partial charge in [-0.25, -0.2) is 4.98 Å². The fourth-order valence-electron chi connectivity index (χ4n) is 4.24. The third-order valence-corrected chi connectivity index (χ3v) is 5.74. The first-order valence-corrected chi connectivity index (χ1v) is 8.87. The molecule has 3 rings (SSSR count). The Bertz CT molecular complexity index is 623. The van der Waals surface area contributed by atoms with E-state index in [-0.39, 0.29) is 5.41 Å². The van der Waals surface area contributed by atoms with Crippen molar-refractivity contribution >= 4 is 5.91 Å². The van der Waals surface area contributed by atoms with Crippen molar-refractivity contribution in [2.24, 2.45) is 11.7 Å². The standard InChI is InChI=1S/C19H29N3O/c1-12-6-5-9-22(11-12)13(2)15-10-16(18(20)23)21-17-14(15)7-8-19(17,3)4/h10,12-13H,5-9,11H2,1-4H3,(H2,20,23)/t12-,13?/m0/s1. The number of amides is 1. The lowest BCUT2D eigenvalue weighted by Crippen LogP contribution is -2.37. The van der Waals surface area contributed by atoms with Gasteiger partial charge in [-0.05, 0) is 62.3 Å². The second-order valence-corrected chi connectivity index (χ2v) is 8.09. The number of carbonyl (C=O) groups excluding carboxylic acids is 1. The summed E-state index contributed by atoms with van der Waals surface area (Å²) >= 11 is 0. The van der Waals surface area contributed by atoms with Gasteiger partial charge >= 0.3 is 0 Å². The topological polar surface area (TPSA) is 59.2 Å². The molecule has 1 unspecified atom stereocenters. The van der Waals surface area contributed by atoms with Crippen molar-refractivity contribution in [3.63, 3.8) is 0 Å². The van der Waals surface area contributed by atoms with Crippen LogP contribution >= 0.6 is 0 Å². The number of fused-ring (bicyclic) bond motifs is 1. The number of pyridine rings is 1. The molecule has 1 aromatic heterocycles. The molecule has 2 heterocycles. The number of hydrogen-bond donors (Lipinski definition) is 1. The number of carbonyl (C=O) groups is 1. The first kappa shape index (κ1) is 16.4. The molecule has 2 aliphatic rings. The normalized spacial score (nSPS) is 25.1. The summed E-state index contributed by atoms with van der Waals surface area (Å²) in [6.07, 6.45) is 4.72. The van der Waals surface area contributed by atoms with Gasteiger partial charge in [0.25, 0.3) is 5.91 Å². The van der Waals surface area contributed by atoms with Crippen LogP contribution in [-0.4, -0.2) is 28.9 Å². The number of likely N-dealkylation sites (tertiary alicyclic amines) is 1. The molecule has 0 bridgehead atoms. The van der Waals surface area contributed by atoms with Crippen LogP contribution in [0.2, 0.25) is 0 Å². The van der Waals surface area contributed by atoms with Gasteiger partial charge in [-0.15, -0.1) is 0 Å². The lowest BCUT2D eigenvalue weighted by Gasteiger charge is -2.36. The molecule has 1 saturated heterocycles. The van der Waals surface area contributed by atoms with Crippen LogP contribution in [-0.2, 0) is 11.8 Å². The van der Waals surface area contributed by atoms with Crippen LogP contribution in [0.15, 0.2) is 6.07 Å². The Balaban J connectivity index is 2.03. The number of piperidine rings is 1. The van der Waals surface area contributed by atoms with E-state index in [2.05, 4.69) is 37.6 Å². The van der Waals surface area contributed by atoms with E-state index in [1.165, 1.54) is 24.0 Å². The second-order valence-electron chi connectivity index (χ2n) is 8.09. The minimum atomic E-state index is -0.420. The molecule has 126 valence electrons. The summed E-state index contributed by atoms with van der Waals surface area (Å²) in [6, 6.07) is 2.27. The highest BCUT2D eigenvalue weighted by atomic mass is 16.1. The Hall–Kier alpha value is -1.42. The number of primary amides is 1. The van der Waals surface area contributed by atoms with Gasteiger partial charge < -0.3 is 5.73 Å². The molecular weight excluding hydrogens is 286 g/mol. The number of nitrogens with zero attached hydrogens (tertiary/aromatic N) is 2. The smallest absolute Gasteiger partial charge is 0.267 e. The molecular formula is C19H29N3O. The average molecular weight is 315 g/mol. The molecule has 1 aliphatic carbocycles. The van der Waals surface area contributed by atoms with E-state index in [4.69, 9.17) is 5.73 Å². The van der Waals surface area contributed by atoms with Gasteiger partial charge in [-0.3, -0.25) is 9.69 Å². The second kappa shape index (κ2) is 5.90. The van der Waals surface area contributed by atoms with Gasteiger partial charge in [0.2, 0.25) is 0 Å². The van der Waals surface area contributed by atoms with Crippen LogP contribution in [0, 0.1) is 5.92 Å². The first-order valence-electron chi connectivity index (χ1n) is 8.87. The zero-order valence-electron chi connectivity index (χ0n) is 14.9. The zero-order chi connectivity index (χ0) is 16.8. The third kappa shape index (κ3) is 3.01. The first-order chi connectivity index (χ1) is 10.8. The van der Waals surface area contributed by atoms with E-state index < -0.39 is 5.91 Å². The van der Waals surface area contributed by atoms with Gasteiger partial charge in [0.1, 0.15) is 5.69 Å². The van der Waals surface area contributed by atoms with E-state index in [1.807, 2.05) is 6.07 Å².